The monoisotopic (exact) mass is 193 g/mol. The van der Waals surface area contributed by atoms with Gasteiger partial charge in [-0.3, -0.25) is 4.79 Å². The molecule has 0 radical (unpaired) electrons. The van der Waals surface area contributed by atoms with Gasteiger partial charge in [-0.05, 0) is 5.56 Å². The Morgan fingerprint density at radius 3 is 2.77 bits per heavy atom. The fourth-order valence-corrected chi connectivity index (χ4v) is 2.43. The molecule has 0 aliphatic carbocycles. The van der Waals surface area contributed by atoms with Gasteiger partial charge in [-0.1, -0.05) is 30.3 Å². The van der Waals surface area contributed by atoms with Crippen LogP contribution in [0.5, 0.6) is 0 Å². The minimum absolute atomic E-state index is 0.00468. The summed E-state index contributed by atoms with van der Waals surface area (Å²) >= 11 is 1.71. The van der Waals surface area contributed by atoms with E-state index in [9.17, 15) is 4.79 Å². The normalized spacial score (nSPS) is 22.5. The highest BCUT2D eigenvalue weighted by molar-refractivity contribution is 8.00. The highest BCUT2D eigenvalue weighted by Gasteiger charge is 2.23. The summed E-state index contributed by atoms with van der Waals surface area (Å²) in [5.74, 6) is 1.15. The number of carbonyl (C=O) groups is 1. The summed E-state index contributed by atoms with van der Waals surface area (Å²) in [5, 5.41) is 2.87. The molecule has 1 amide bonds. The average molecular weight is 193 g/mol. The average Bonchev–Trinajstić information content (AvgIpc) is 2.20. The first-order valence-electron chi connectivity index (χ1n) is 4.32. The Kier molecular flexibility index (Phi) is 2.54. The van der Waals surface area contributed by atoms with Crippen molar-refractivity contribution in [2.75, 3.05) is 12.3 Å². The van der Waals surface area contributed by atoms with Gasteiger partial charge in [0, 0.05) is 12.3 Å². The van der Waals surface area contributed by atoms with Gasteiger partial charge in [0.25, 0.3) is 0 Å². The molecular formula is C10H11NOS. The Labute approximate surface area is 81.7 Å². The first-order chi connectivity index (χ1) is 6.38. The fraction of sp³-hybridized carbons (Fsp3) is 0.300. The topological polar surface area (TPSA) is 29.1 Å². The largest absolute Gasteiger partial charge is 0.354 e. The highest BCUT2D eigenvalue weighted by atomic mass is 32.2. The molecule has 13 heavy (non-hydrogen) atoms. The van der Waals surface area contributed by atoms with Crippen LogP contribution in [0, 0.1) is 0 Å². The van der Waals surface area contributed by atoms with Gasteiger partial charge in [0.1, 0.15) is 5.25 Å². The van der Waals surface area contributed by atoms with Crippen LogP contribution in [-0.4, -0.2) is 18.2 Å². The van der Waals surface area contributed by atoms with Gasteiger partial charge in [0.2, 0.25) is 5.91 Å². The summed E-state index contributed by atoms with van der Waals surface area (Å²) in [6, 6.07) is 9.91. The van der Waals surface area contributed by atoms with Crippen molar-refractivity contribution in [1.82, 2.24) is 5.32 Å². The van der Waals surface area contributed by atoms with E-state index in [4.69, 9.17) is 0 Å². The molecule has 0 spiro atoms. The third-order valence-corrected chi connectivity index (χ3v) is 3.29. The van der Waals surface area contributed by atoms with Crippen LogP contribution in [0.4, 0.5) is 0 Å². The van der Waals surface area contributed by atoms with E-state index in [-0.39, 0.29) is 11.2 Å². The van der Waals surface area contributed by atoms with E-state index in [1.165, 1.54) is 0 Å². The summed E-state index contributed by atoms with van der Waals surface area (Å²) in [6.45, 7) is 0.798. The molecule has 1 aromatic rings. The van der Waals surface area contributed by atoms with E-state index < -0.39 is 0 Å². The lowest BCUT2D eigenvalue weighted by Crippen LogP contribution is -2.34. The lowest BCUT2D eigenvalue weighted by Gasteiger charge is -2.21. The summed E-state index contributed by atoms with van der Waals surface area (Å²) in [7, 11) is 0. The van der Waals surface area contributed by atoms with Gasteiger partial charge in [-0.2, -0.15) is 0 Å². The van der Waals surface area contributed by atoms with E-state index >= 15 is 0 Å². The molecule has 2 nitrogen and oxygen atoms in total. The van der Waals surface area contributed by atoms with Crippen molar-refractivity contribution in [3.63, 3.8) is 0 Å². The van der Waals surface area contributed by atoms with Gasteiger partial charge in [0.05, 0.1) is 0 Å². The first kappa shape index (κ1) is 8.63. The number of amides is 1. The molecule has 1 fully saturated rings. The molecule has 68 valence electrons. The van der Waals surface area contributed by atoms with E-state index in [2.05, 4.69) is 5.32 Å². The van der Waals surface area contributed by atoms with Gasteiger partial charge < -0.3 is 5.32 Å². The second kappa shape index (κ2) is 3.83. The number of benzene rings is 1. The SMILES string of the molecule is O=C1NCCS[C@@H]1c1ccccc1. The van der Waals surface area contributed by atoms with Crippen molar-refractivity contribution in [3.05, 3.63) is 35.9 Å². The molecule has 1 heterocycles. The molecule has 1 N–H and O–H groups in total. The molecule has 1 aromatic carbocycles. The van der Waals surface area contributed by atoms with E-state index in [1.807, 2.05) is 30.3 Å². The summed E-state index contributed by atoms with van der Waals surface area (Å²) in [4.78, 5) is 11.5. The van der Waals surface area contributed by atoms with Crippen molar-refractivity contribution in [3.8, 4) is 0 Å². The molecule has 0 bridgehead atoms. The van der Waals surface area contributed by atoms with Crippen molar-refractivity contribution < 1.29 is 4.79 Å². The maximum atomic E-state index is 11.5. The van der Waals surface area contributed by atoms with Crippen LogP contribution < -0.4 is 5.32 Å². The van der Waals surface area contributed by atoms with Crippen LogP contribution in [0.25, 0.3) is 0 Å². The molecule has 0 saturated carbocycles. The third kappa shape index (κ3) is 1.86. The lowest BCUT2D eigenvalue weighted by molar-refractivity contribution is -0.120. The van der Waals surface area contributed by atoms with Crippen molar-refractivity contribution in [2.45, 2.75) is 5.25 Å². The zero-order valence-corrected chi connectivity index (χ0v) is 8.01. The van der Waals surface area contributed by atoms with Gasteiger partial charge in [0.15, 0.2) is 0 Å². The maximum absolute atomic E-state index is 11.5. The molecule has 0 aromatic heterocycles. The number of carbonyl (C=O) groups excluding carboxylic acids is 1. The Morgan fingerprint density at radius 2 is 2.08 bits per heavy atom. The van der Waals surface area contributed by atoms with Crippen LogP contribution >= 0.6 is 11.8 Å². The highest BCUT2D eigenvalue weighted by Crippen LogP contribution is 2.30. The summed E-state index contributed by atoms with van der Waals surface area (Å²) in [5.41, 5.74) is 1.10. The number of hydrogen-bond donors (Lipinski definition) is 1. The predicted octanol–water partition coefficient (Wildman–Crippen LogP) is 1.59. The van der Waals surface area contributed by atoms with Crippen LogP contribution in [0.2, 0.25) is 0 Å². The van der Waals surface area contributed by atoms with Crippen molar-refractivity contribution in [2.24, 2.45) is 0 Å². The Hall–Kier alpha value is -0.960. The van der Waals surface area contributed by atoms with E-state index in [1.54, 1.807) is 11.8 Å². The summed E-state index contributed by atoms with van der Waals surface area (Å²) in [6.07, 6.45) is 0. The van der Waals surface area contributed by atoms with E-state index in [0.717, 1.165) is 17.9 Å². The first-order valence-corrected chi connectivity index (χ1v) is 5.37. The van der Waals surface area contributed by atoms with Gasteiger partial charge in [-0.25, -0.2) is 0 Å². The Morgan fingerprint density at radius 1 is 1.31 bits per heavy atom. The second-order valence-corrected chi connectivity index (χ2v) is 4.17. The minimum Gasteiger partial charge on any atom is -0.354 e. The fourth-order valence-electron chi connectivity index (χ4n) is 1.39. The molecule has 2 rings (SSSR count). The molecule has 1 aliphatic heterocycles. The van der Waals surface area contributed by atoms with Crippen LogP contribution in [0.3, 0.4) is 0 Å². The zero-order valence-electron chi connectivity index (χ0n) is 7.19. The third-order valence-electron chi connectivity index (χ3n) is 2.03. The van der Waals surface area contributed by atoms with Crippen molar-refractivity contribution >= 4 is 17.7 Å². The quantitative estimate of drug-likeness (QED) is 0.734. The minimum atomic E-state index is -0.00468. The van der Waals surface area contributed by atoms with E-state index in [0.29, 0.717) is 0 Å². The van der Waals surface area contributed by atoms with Crippen LogP contribution in [-0.2, 0) is 4.79 Å². The molecule has 0 unspecified atom stereocenters. The number of hydrogen-bond acceptors (Lipinski definition) is 2. The molecule has 1 aliphatic rings. The number of nitrogens with one attached hydrogen (secondary N) is 1. The predicted molar refractivity (Wildman–Crippen MR) is 54.7 cm³/mol. The Balaban J connectivity index is 2.20. The molecular weight excluding hydrogens is 182 g/mol. The molecule has 1 atom stereocenters. The standard InChI is InChI=1S/C10H11NOS/c12-10-9(13-7-6-11-10)8-4-2-1-3-5-8/h1-5,9H,6-7H2,(H,11,12)/t9-/m1/s1. The van der Waals surface area contributed by atoms with Crippen molar-refractivity contribution in [1.29, 1.82) is 0 Å². The zero-order chi connectivity index (χ0) is 9.10. The Bertz CT molecular complexity index is 299. The number of rotatable bonds is 1. The van der Waals surface area contributed by atoms with Crippen LogP contribution in [0.15, 0.2) is 30.3 Å². The van der Waals surface area contributed by atoms with Gasteiger partial charge >= 0.3 is 0 Å². The smallest absolute Gasteiger partial charge is 0.237 e. The maximum Gasteiger partial charge on any atom is 0.237 e. The second-order valence-electron chi connectivity index (χ2n) is 2.95. The van der Waals surface area contributed by atoms with Gasteiger partial charge in [-0.15, -0.1) is 11.8 Å². The molecule has 3 heteroatoms. The molecule has 1 saturated heterocycles. The van der Waals surface area contributed by atoms with Crippen LogP contribution in [0.1, 0.15) is 10.8 Å². The lowest BCUT2D eigenvalue weighted by atomic mass is 10.1. The number of thioether (sulfide) groups is 1. The summed E-state index contributed by atoms with van der Waals surface area (Å²) < 4.78 is 0.